The lowest BCUT2D eigenvalue weighted by Gasteiger charge is -2.35. The Balaban J connectivity index is 0.00000289. The second-order valence-electron chi connectivity index (χ2n) is 9.66. The number of ether oxygens (including phenoxy) is 2. The average molecular weight is 498 g/mol. The molecule has 2 aliphatic rings. The van der Waals surface area contributed by atoms with Gasteiger partial charge in [0.05, 0.1) is 20.6 Å². The highest BCUT2D eigenvalue weighted by molar-refractivity contribution is 5.85. The zero-order valence-electron chi connectivity index (χ0n) is 20.7. The van der Waals surface area contributed by atoms with Gasteiger partial charge in [0, 0.05) is 43.3 Å². The van der Waals surface area contributed by atoms with Crippen LogP contribution in [0, 0.1) is 5.92 Å². The number of nitrogens with zero attached hydrogens (tertiary/aromatic N) is 2. The molecule has 0 radical (unpaired) electrons. The summed E-state index contributed by atoms with van der Waals surface area (Å²) in [5.74, 6) is 2.19. The number of aromatic amines is 1. The summed E-state index contributed by atoms with van der Waals surface area (Å²) in [6.07, 6.45) is 6.91. The minimum absolute atomic E-state index is 0. The quantitative estimate of drug-likeness (QED) is 0.522. The van der Waals surface area contributed by atoms with E-state index in [9.17, 15) is 4.79 Å². The standard InChI is InChI=1S/C28H35N3O3.ClH/c1-33-26-14-21-10-13-31(28(32)16-23(21)15-27(26)34-2)19-20-6-5-11-30(18-20)12-9-22-17-29-25-8-4-3-7-24(22)25;/h3-4,7-8,14-15,17,20,29H,5-6,9-13,16,18-19H2,1-2H3;1H. The highest BCUT2D eigenvalue weighted by Crippen LogP contribution is 2.33. The molecule has 1 saturated heterocycles. The maximum absolute atomic E-state index is 13.1. The first kappa shape index (κ1) is 25.4. The Bertz CT molecular complexity index is 1160. The van der Waals surface area contributed by atoms with Gasteiger partial charge in [-0.05, 0) is 73.0 Å². The zero-order valence-corrected chi connectivity index (χ0v) is 21.5. The number of hydrogen-bond donors (Lipinski definition) is 1. The van der Waals surface area contributed by atoms with Crippen molar-refractivity contribution >= 4 is 29.2 Å². The number of carbonyl (C=O) groups is 1. The zero-order chi connectivity index (χ0) is 23.5. The van der Waals surface area contributed by atoms with Crippen molar-refractivity contribution in [2.45, 2.75) is 32.1 Å². The summed E-state index contributed by atoms with van der Waals surface area (Å²) in [5.41, 5.74) is 4.86. The molecule has 1 unspecified atom stereocenters. The number of para-hydroxylation sites is 1. The summed E-state index contributed by atoms with van der Waals surface area (Å²) in [6, 6.07) is 12.5. The van der Waals surface area contributed by atoms with E-state index in [4.69, 9.17) is 9.47 Å². The lowest BCUT2D eigenvalue weighted by molar-refractivity contribution is -0.131. The molecule has 35 heavy (non-hydrogen) atoms. The van der Waals surface area contributed by atoms with Crippen molar-refractivity contribution in [3.8, 4) is 11.5 Å². The fourth-order valence-corrected chi connectivity index (χ4v) is 5.64. The van der Waals surface area contributed by atoms with E-state index < -0.39 is 0 Å². The molecule has 0 saturated carbocycles. The molecule has 5 rings (SSSR count). The van der Waals surface area contributed by atoms with Crippen molar-refractivity contribution in [3.05, 3.63) is 59.3 Å². The predicted octanol–water partition coefficient (Wildman–Crippen LogP) is 4.49. The summed E-state index contributed by atoms with van der Waals surface area (Å²) in [4.78, 5) is 21.2. The molecular formula is C28H36ClN3O3. The van der Waals surface area contributed by atoms with E-state index in [1.165, 1.54) is 34.9 Å². The van der Waals surface area contributed by atoms with Gasteiger partial charge in [-0.15, -0.1) is 12.4 Å². The number of carbonyl (C=O) groups excluding carboxylic acids is 1. The number of methoxy groups -OCH3 is 2. The van der Waals surface area contributed by atoms with E-state index >= 15 is 0 Å². The number of amides is 1. The van der Waals surface area contributed by atoms with Crippen LogP contribution in [-0.2, 0) is 24.1 Å². The normalized spacial score (nSPS) is 18.6. The van der Waals surface area contributed by atoms with Gasteiger partial charge in [-0.25, -0.2) is 0 Å². The first-order valence-electron chi connectivity index (χ1n) is 12.4. The minimum atomic E-state index is 0. The third-order valence-corrected chi connectivity index (χ3v) is 7.51. The van der Waals surface area contributed by atoms with E-state index in [-0.39, 0.29) is 18.3 Å². The number of likely N-dealkylation sites (tertiary alicyclic amines) is 1. The van der Waals surface area contributed by atoms with E-state index in [0.29, 0.717) is 18.1 Å². The van der Waals surface area contributed by atoms with Gasteiger partial charge in [0.25, 0.3) is 0 Å². The second kappa shape index (κ2) is 11.4. The third-order valence-electron chi connectivity index (χ3n) is 7.51. The molecule has 1 aromatic heterocycles. The van der Waals surface area contributed by atoms with E-state index in [2.05, 4.69) is 45.2 Å². The summed E-state index contributed by atoms with van der Waals surface area (Å²) >= 11 is 0. The molecule has 0 bridgehead atoms. The van der Waals surface area contributed by atoms with Gasteiger partial charge in [-0.2, -0.15) is 0 Å². The number of halogens is 1. The summed E-state index contributed by atoms with van der Waals surface area (Å²) < 4.78 is 10.9. The predicted molar refractivity (Wildman–Crippen MR) is 142 cm³/mol. The Morgan fingerprint density at radius 2 is 1.83 bits per heavy atom. The molecule has 2 aliphatic heterocycles. The van der Waals surface area contributed by atoms with Crippen LogP contribution in [0.2, 0.25) is 0 Å². The van der Waals surface area contributed by atoms with Crippen molar-refractivity contribution in [1.29, 1.82) is 0 Å². The molecule has 6 nitrogen and oxygen atoms in total. The van der Waals surface area contributed by atoms with Gasteiger partial charge in [0.15, 0.2) is 11.5 Å². The number of aromatic nitrogens is 1. The lowest BCUT2D eigenvalue weighted by atomic mass is 9.96. The molecule has 0 spiro atoms. The number of hydrogen-bond acceptors (Lipinski definition) is 4. The Morgan fingerprint density at radius 1 is 1.06 bits per heavy atom. The van der Waals surface area contributed by atoms with Crippen molar-refractivity contribution < 1.29 is 14.3 Å². The molecule has 3 heterocycles. The Morgan fingerprint density at radius 3 is 2.63 bits per heavy atom. The molecule has 1 amide bonds. The molecule has 1 N–H and O–H groups in total. The van der Waals surface area contributed by atoms with Gasteiger partial charge in [-0.1, -0.05) is 18.2 Å². The fourth-order valence-electron chi connectivity index (χ4n) is 5.64. The molecule has 188 valence electrons. The molecule has 0 aliphatic carbocycles. The maximum Gasteiger partial charge on any atom is 0.227 e. The Labute approximate surface area is 214 Å². The molecule has 1 fully saturated rings. The molecule has 1 atom stereocenters. The first-order chi connectivity index (χ1) is 16.6. The number of fused-ring (bicyclic) bond motifs is 2. The summed E-state index contributed by atoms with van der Waals surface area (Å²) in [6.45, 7) is 4.91. The van der Waals surface area contributed by atoms with Gasteiger partial charge in [0.2, 0.25) is 5.91 Å². The Hall–Kier alpha value is -2.70. The molecule has 2 aromatic carbocycles. The summed E-state index contributed by atoms with van der Waals surface area (Å²) in [7, 11) is 3.30. The van der Waals surface area contributed by atoms with E-state index in [0.717, 1.165) is 56.9 Å². The maximum atomic E-state index is 13.1. The van der Waals surface area contributed by atoms with Crippen molar-refractivity contribution in [1.82, 2.24) is 14.8 Å². The Kier molecular flexibility index (Phi) is 8.24. The van der Waals surface area contributed by atoms with Crippen LogP contribution in [0.5, 0.6) is 11.5 Å². The van der Waals surface area contributed by atoms with Crippen LogP contribution in [0.15, 0.2) is 42.6 Å². The lowest BCUT2D eigenvalue weighted by Crippen LogP contribution is -2.44. The third kappa shape index (κ3) is 5.60. The van der Waals surface area contributed by atoms with Crippen LogP contribution in [0.4, 0.5) is 0 Å². The fraction of sp³-hybridized carbons (Fsp3) is 0.464. The minimum Gasteiger partial charge on any atom is -0.493 e. The van der Waals surface area contributed by atoms with Gasteiger partial charge < -0.3 is 24.3 Å². The van der Waals surface area contributed by atoms with Crippen molar-refractivity contribution in [2.24, 2.45) is 5.92 Å². The van der Waals surface area contributed by atoms with Crippen molar-refractivity contribution in [2.75, 3.05) is 46.9 Å². The van der Waals surface area contributed by atoms with E-state index in [1.807, 2.05) is 12.1 Å². The number of nitrogens with one attached hydrogen (secondary N) is 1. The highest BCUT2D eigenvalue weighted by Gasteiger charge is 2.27. The van der Waals surface area contributed by atoms with Crippen LogP contribution >= 0.6 is 12.4 Å². The molecular weight excluding hydrogens is 462 g/mol. The number of piperidine rings is 1. The number of rotatable bonds is 7. The second-order valence-corrected chi connectivity index (χ2v) is 9.66. The number of benzene rings is 2. The first-order valence-corrected chi connectivity index (χ1v) is 12.4. The molecule has 3 aromatic rings. The molecule has 7 heteroatoms. The van der Waals surface area contributed by atoms with Crippen LogP contribution in [0.25, 0.3) is 10.9 Å². The van der Waals surface area contributed by atoms with Gasteiger partial charge in [0.1, 0.15) is 0 Å². The van der Waals surface area contributed by atoms with E-state index in [1.54, 1.807) is 14.2 Å². The van der Waals surface area contributed by atoms with Gasteiger partial charge in [-0.3, -0.25) is 4.79 Å². The van der Waals surface area contributed by atoms with Crippen LogP contribution in [0.1, 0.15) is 29.5 Å². The summed E-state index contributed by atoms with van der Waals surface area (Å²) in [5, 5.41) is 1.33. The van der Waals surface area contributed by atoms with Crippen LogP contribution < -0.4 is 9.47 Å². The topological polar surface area (TPSA) is 57.8 Å². The van der Waals surface area contributed by atoms with Gasteiger partial charge >= 0.3 is 0 Å². The average Bonchev–Trinajstić information content (AvgIpc) is 3.22. The largest absolute Gasteiger partial charge is 0.493 e. The van der Waals surface area contributed by atoms with Crippen LogP contribution in [0.3, 0.4) is 0 Å². The highest BCUT2D eigenvalue weighted by atomic mass is 35.5. The van der Waals surface area contributed by atoms with Crippen LogP contribution in [-0.4, -0.2) is 67.6 Å². The monoisotopic (exact) mass is 497 g/mol. The van der Waals surface area contributed by atoms with Crippen molar-refractivity contribution in [3.63, 3.8) is 0 Å². The SMILES string of the molecule is COc1cc2c(cc1OC)CC(=O)N(CC1CCCN(CCc3c[nH]c4ccccc34)C1)CC2.Cl. The smallest absolute Gasteiger partial charge is 0.227 e. The number of H-pyrrole nitrogens is 1.